The maximum absolute atomic E-state index is 12.6. The van der Waals surface area contributed by atoms with Crippen molar-refractivity contribution in [3.8, 4) is 11.4 Å². The third-order valence-corrected chi connectivity index (χ3v) is 5.49. The Morgan fingerprint density at radius 2 is 1.81 bits per heavy atom. The zero-order valence-corrected chi connectivity index (χ0v) is 15.3. The zero-order valence-electron chi connectivity index (χ0n) is 15.3. The number of rotatable bonds is 2. The predicted molar refractivity (Wildman–Crippen MR) is 104 cm³/mol. The van der Waals surface area contributed by atoms with Crippen molar-refractivity contribution in [2.24, 2.45) is 11.8 Å². The second kappa shape index (κ2) is 6.99. The van der Waals surface area contributed by atoms with Gasteiger partial charge < -0.3 is 5.11 Å². The van der Waals surface area contributed by atoms with Crippen LogP contribution in [0.2, 0.25) is 0 Å². The minimum absolute atomic E-state index is 0.223. The first-order valence-corrected chi connectivity index (χ1v) is 9.37. The summed E-state index contributed by atoms with van der Waals surface area (Å²) in [7, 11) is 0. The van der Waals surface area contributed by atoms with Crippen molar-refractivity contribution in [1.82, 2.24) is 9.55 Å². The molecule has 5 nitrogen and oxygen atoms in total. The maximum atomic E-state index is 12.6. The smallest absolute Gasteiger partial charge is 0.271 e. The SMILES string of the molecule is C1CC2CC2C1.CC(=O)c1c(O)c2cccnc2n(-c2ccccc2)c1=O. The highest BCUT2D eigenvalue weighted by atomic mass is 16.3. The summed E-state index contributed by atoms with van der Waals surface area (Å²) in [5.74, 6) is 1.63. The van der Waals surface area contributed by atoms with E-state index in [1.165, 1.54) is 35.9 Å². The van der Waals surface area contributed by atoms with Crippen molar-refractivity contribution in [3.05, 3.63) is 64.6 Å². The second-order valence-corrected chi connectivity index (χ2v) is 7.32. The lowest BCUT2D eigenvalue weighted by Crippen LogP contribution is -2.25. The van der Waals surface area contributed by atoms with E-state index in [4.69, 9.17) is 0 Å². The lowest BCUT2D eigenvalue weighted by molar-refractivity contribution is 0.101. The molecule has 138 valence electrons. The topological polar surface area (TPSA) is 72.2 Å². The lowest BCUT2D eigenvalue weighted by atomic mass is 10.1. The summed E-state index contributed by atoms with van der Waals surface area (Å²) in [5, 5.41) is 10.6. The molecule has 2 heterocycles. The van der Waals surface area contributed by atoms with E-state index in [1.807, 2.05) is 6.07 Å². The highest BCUT2D eigenvalue weighted by Crippen LogP contribution is 2.51. The van der Waals surface area contributed by atoms with Gasteiger partial charge in [0.15, 0.2) is 11.4 Å². The fourth-order valence-electron chi connectivity index (χ4n) is 4.00. The monoisotopic (exact) mass is 362 g/mol. The van der Waals surface area contributed by atoms with E-state index < -0.39 is 11.3 Å². The Bertz CT molecular complexity index is 1050. The van der Waals surface area contributed by atoms with Gasteiger partial charge in [0.2, 0.25) is 0 Å². The fraction of sp³-hybridized carbons (Fsp3) is 0.318. The van der Waals surface area contributed by atoms with Gasteiger partial charge in [0.05, 0.1) is 11.1 Å². The van der Waals surface area contributed by atoms with E-state index in [9.17, 15) is 14.7 Å². The molecule has 0 aliphatic heterocycles. The summed E-state index contributed by atoms with van der Waals surface area (Å²) in [6.45, 7) is 1.26. The van der Waals surface area contributed by atoms with Gasteiger partial charge >= 0.3 is 0 Å². The average molecular weight is 362 g/mol. The lowest BCUT2D eigenvalue weighted by Gasteiger charge is -2.12. The first-order valence-electron chi connectivity index (χ1n) is 9.37. The summed E-state index contributed by atoms with van der Waals surface area (Å²) in [5.41, 5.74) is 0.113. The Labute approximate surface area is 157 Å². The number of aromatic nitrogens is 2. The largest absolute Gasteiger partial charge is 0.506 e. The van der Waals surface area contributed by atoms with Crippen LogP contribution >= 0.6 is 0 Å². The number of ketones is 1. The first kappa shape index (κ1) is 17.5. The molecule has 5 rings (SSSR count). The number of aromatic hydroxyl groups is 1. The number of fused-ring (bicyclic) bond motifs is 2. The molecule has 0 saturated heterocycles. The van der Waals surface area contributed by atoms with Crippen LogP contribution in [0.25, 0.3) is 16.7 Å². The molecule has 0 spiro atoms. The first-order chi connectivity index (χ1) is 13.1. The van der Waals surface area contributed by atoms with Crippen molar-refractivity contribution in [2.75, 3.05) is 0 Å². The highest BCUT2D eigenvalue weighted by molar-refractivity contribution is 6.01. The Morgan fingerprint density at radius 3 is 2.37 bits per heavy atom. The molecule has 2 unspecified atom stereocenters. The molecule has 2 atom stereocenters. The van der Waals surface area contributed by atoms with Gasteiger partial charge in [-0.1, -0.05) is 37.5 Å². The Kier molecular flexibility index (Phi) is 4.52. The van der Waals surface area contributed by atoms with Gasteiger partial charge in [0.25, 0.3) is 5.56 Å². The third kappa shape index (κ3) is 3.25. The summed E-state index contributed by atoms with van der Waals surface area (Å²) in [6.07, 6.45) is 7.78. The van der Waals surface area contributed by atoms with Crippen LogP contribution in [0.3, 0.4) is 0 Å². The van der Waals surface area contributed by atoms with Crippen LogP contribution < -0.4 is 5.56 Å². The summed E-state index contributed by atoms with van der Waals surface area (Å²) in [6, 6.07) is 12.2. The normalized spacial score (nSPS) is 19.9. The Morgan fingerprint density at radius 1 is 1.11 bits per heavy atom. The minimum atomic E-state index is -0.572. The summed E-state index contributed by atoms with van der Waals surface area (Å²) in [4.78, 5) is 28.5. The van der Waals surface area contributed by atoms with Gasteiger partial charge in [-0.3, -0.25) is 14.2 Å². The molecular weight excluding hydrogens is 340 g/mol. The van der Waals surface area contributed by atoms with Crippen molar-refractivity contribution >= 4 is 16.8 Å². The van der Waals surface area contributed by atoms with Crippen LogP contribution in [0.5, 0.6) is 5.75 Å². The van der Waals surface area contributed by atoms with Crippen molar-refractivity contribution in [3.63, 3.8) is 0 Å². The number of para-hydroxylation sites is 1. The number of hydrogen-bond donors (Lipinski definition) is 1. The molecule has 27 heavy (non-hydrogen) atoms. The number of nitrogens with zero attached hydrogens (tertiary/aromatic N) is 2. The number of benzene rings is 1. The fourth-order valence-corrected chi connectivity index (χ4v) is 4.00. The molecule has 0 bridgehead atoms. The quantitative estimate of drug-likeness (QED) is 0.697. The number of carbonyl (C=O) groups excluding carboxylic acids is 1. The number of hydrogen-bond acceptors (Lipinski definition) is 4. The van der Waals surface area contributed by atoms with Gasteiger partial charge in [0.1, 0.15) is 11.3 Å². The average Bonchev–Trinajstić information content (AvgIpc) is 3.28. The van der Waals surface area contributed by atoms with Crippen LogP contribution in [0.4, 0.5) is 0 Å². The summed E-state index contributed by atoms with van der Waals surface area (Å²) < 4.78 is 1.34. The van der Waals surface area contributed by atoms with Crippen LogP contribution in [-0.4, -0.2) is 20.4 Å². The van der Waals surface area contributed by atoms with Crippen LogP contribution in [0.15, 0.2) is 53.5 Å². The van der Waals surface area contributed by atoms with Crippen molar-refractivity contribution in [2.45, 2.75) is 32.6 Å². The van der Waals surface area contributed by atoms with E-state index in [1.54, 1.807) is 55.7 Å². The van der Waals surface area contributed by atoms with E-state index in [0.717, 1.165) is 0 Å². The molecule has 5 heteroatoms. The minimum Gasteiger partial charge on any atom is -0.506 e. The standard InChI is InChI=1S/C16H12N2O3.C6H10/c1-10(19)13-14(20)12-8-5-9-17-15(12)18(16(13)21)11-6-3-2-4-7-11;1-2-5-4-6(5)3-1/h2-9,20H,1H3;5-6H,1-4H2. The molecule has 0 amide bonds. The van der Waals surface area contributed by atoms with E-state index in [0.29, 0.717) is 16.7 Å². The number of Topliss-reactive ketones (excluding diaryl/α,β-unsaturated/α-hetero) is 1. The third-order valence-electron chi connectivity index (χ3n) is 5.49. The van der Waals surface area contributed by atoms with Crippen LogP contribution in [0.1, 0.15) is 43.0 Å². The van der Waals surface area contributed by atoms with Crippen molar-refractivity contribution in [1.29, 1.82) is 0 Å². The molecular formula is C22H22N2O3. The molecule has 0 radical (unpaired) electrons. The molecule has 2 aliphatic rings. The molecule has 2 fully saturated rings. The molecule has 2 aromatic heterocycles. The Hall–Kier alpha value is -2.95. The molecule has 2 saturated carbocycles. The molecule has 1 aromatic carbocycles. The van der Waals surface area contributed by atoms with Gasteiger partial charge in [0, 0.05) is 6.20 Å². The second-order valence-electron chi connectivity index (χ2n) is 7.32. The molecule has 3 aromatic rings. The summed E-state index contributed by atoms with van der Waals surface area (Å²) >= 11 is 0. The highest BCUT2D eigenvalue weighted by Gasteiger charge is 2.40. The predicted octanol–water partition coefficient (Wildman–Crippen LogP) is 4.10. The van der Waals surface area contributed by atoms with Gasteiger partial charge in [-0.25, -0.2) is 4.98 Å². The van der Waals surface area contributed by atoms with Crippen LogP contribution in [-0.2, 0) is 0 Å². The number of pyridine rings is 2. The van der Waals surface area contributed by atoms with E-state index in [2.05, 4.69) is 4.98 Å². The maximum Gasteiger partial charge on any atom is 0.271 e. The van der Waals surface area contributed by atoms with E-state index >= 15 is 0 Å². The van der Waals surface area contributed by atoms with Gasteiger partial charge in [-0.15, -0.1) is 0 Å². The van der Waals surface area contributed by atoms with Gasteiger partial charge in [-0.05, 0) is 49.4 Å². The van der Waals surface area contributed by atoms with Gasteiger partial charge in [-0.2, -0.15) is 0 Å². The molecule has 1 N–H and O–H groups in total. The molecule has 2 aliphatic carbocycles. The number of carbonyl (C=O) groups is 1. The zero-order chi connectivity index (χ0) is 19.0. The van der Waals surface area contributed by atoms with E-state index in [-0.39, 0.29) is 11.3 Å². The van der Waals surface area contributed by atoms with Crippen LogP contribution in [0, 0.1) is 11.8 Å². The Balaban J connectivity index is 0.000000250. The van der Waals surface area contributed by atoms with Crippen molar-refractivity contribution < 1.29 is 9.90 Å².